The number of amides is 2. The number of aromatic nitrogens is 2. The van der Waals surface area contributed by atoms with Gasteiger partial charge in [0, 0.05) is 36.1 Å². The summed E-state index contributed by atoms with van der Waals surface area (Å²) in [5.74, 6) is 0.195. The summed E-state index contributed by atoms with van der Waals surface area (Å²) in [6.07, 6.45) is 1.55. The molecular formula is C24H24ClN5O3S. The van der Waals surface area contributed by atoms with Crippen molar-refractivity contribution in [3.63, 3.8) is 0 Å². The topological polar surface area (TPSA) is 106 Å². The van der Waals surface area contributed by atoms with Gasteiger partial charge in [0.1, 0.15) is 11.4 Å². The van der Waals surface area contributed by atoms with E-state index in [0.29, 0.717) is 22.3 Å². The Kier molecular flexibility index (Phi) is 6.40. The molecule has 2 amide bonds. The first-order valence-electron chi connectivity index (χ1n) is 11.1. The Morgan fingerprint density at radius 3 is 2.71 bits per heavy atom. The van der Waals surface area contributed by atoms with Gasteiger partial charge in [0.15, 0.2) is 5.76 Å². The van der Waals surface area contributed by atoms with E-state index < -0.39 is 0 Å². The number of carbonyl (C=O) groups is 2. The normalized spacial score (nSPS) is 15.1. The van der Waals surface area contributed by atoms with Crippen LogP contribution in [0.15, 0.2) is 53.1 Å². The largest absolute Gasteiger partial charge is 0.369 e. The fraction of sp³-hybridized carbons (Fsp3) is 0.292. The summed E-state index contributed by atoms with van der Waals surface area (Å²) in [6.45, 7) is 2.11. The SMILES string of the molecule is NC(=O)CN1CCC(NC(=O)c2cc3ccccc3n2Cc2cc(-c3ccc(Cl)s3)on2)CC1. The fourth-order valence-corrected chi connectivity index (χ4v) is 5.39. The van der Waals surface area contributed by atoms with Crippen molar-refractivity contribution in [3.8, 4) is 10.6 Å². The van der Waals surface area contributed by atoms with Crippen molar-refractivity contribution in [3.05, 3.63) is 64.3 Å². The highest BCUT2D eigenvalue weighted by Gasteiger charge is 2.24. The van der Waals surface area contributed by atoms with Gasteiger partial charge in [-0.1, -0.05) is 35.0 Å². The molecule has 1 aliphatic rings. The highest BCUT2D eigenvalue weighted by atomic mass is 35.5. The molecule has 10 heteroatoms. The van der Waals surface area contributed by atoms with Crippen LogP contribution in [0.2, 0.25) is 4.34 Å². The third-order valence-electron chi connectivity index (χ3n) is 6.04. The molecule has 5 rings (SSSR count). The molecule has 34 heavy (non-hydrogen) atoms. The number of hydrogen-bond acceptors (Lipinski definition) is 6. The molecule has 0 unspecified atom stereocenters. The monoisotopic (exact) mass is 497 g/mol. The molecule has 0 bridgehead atoms. The van der Waals surface area contributed by atoms with Gasteiger partial charge >= 0.3 is 0 Å². The number of rotatable bonds is 7. The number of hydrogen-bond donors (Lipinski definition) is 2. The molecule has 176 valence electrons. The van der Waals surface area contributed by atoms with E-state index in [1.807, 2.05) is 58.0 Å². The summed E-state index contributed by atoms with van der Waals surface area (Å²) in [5.41, 5.74) is 7.54. The lowest BCUT2D eigenvalue weighted by Gasteiger charge is -2.31. The average Bonchev–Trinajstić information content (AvgIpc) is 3.54. The highest BCUT2D eigenvalue weighted by Crippen LogP contribution is 2.32. The third kappa shape index (κ3) is 4.86. The van der Waals surface area contributed by atoms with E-state index in [4.69, 9.17) is 21.9 Å². The Labute approximate surface area is 205 Å². The number of nitrogens with zero attached hydrogens (tertiary/aromatic N) is 3. The number of halogens is 1. The Morgan fingerprint density at radius 1 is 1.18 bits per heavy atom. The van der Waals surface area contributed by atoms with E-state index >= 15 is 0 Å². The predicted molar refractivity (Wildman–Crippen MR) is 132 cm³/mol. The molecule has 1 aliphatic heterocycles. The summed E-state index contributed by atoms with van der Waals surface area (Å²) in [5, 5.41) is 8.38. The molecule has 1 aromatic carbocycles. The first kappa shape index (κ1) is 22.6. The zero-order chi connectivity index (χ0) is 23.7. The van der Waals surface area contributed by atoms with Gasteiger partial charge in [0.2, 0.25) is 5.91 Å². The first-order valence-corrected chi connectivity index (χ1v) is 12.3. The smallest absolute Gasteiger partial charge is 0.268 e. The van der Waals surface area contributed by atoms with Crippen LogP contribution >= 0.6 is 22.9 Å². The van der Waals surface area contributed by atoms with Crippen molar-refractivity contribution in [2.24, 2.45) is 5.73 Å². The minimum atomic E-state index is -0.329. The number of nitrogens with one attached hydrogen (secondary N) is 1. The number of piperidine rings is 1. The standard InChI is InChI=1S/C24H24ClN5O3S/c25-22-6-5-21(34-22)20-12-17(28-33-20)13-30-18-4-2-1-3-15(18)11-19(30)24(32)27-16-7-9-29(10-8-16)14-23(26)31/h1-6,11-12,16H,7-10,13-14H2,(H2,26,31)(H,27,32). The zero-order valence-electron chi connectivity index (χ0n) is 18.4. The lowest BCUT2D eigenvalue weighted by Crippen LogP contribution is -2.47. The van der Waals surface area contributed by atoms with E-state index in [2.05, 4.69) is 10.5 Å². The van der Waals surface area contributed by atoms with Crippen LogP contribution in [0.1, 0.15) is 29.0 Å². The third-order valence-corrected chi connectivity index (χ3v) is 7.29. The summed E-state index contributed by atoms with van der Waals surface area (Å²) in [7, 11) is 0. The van der Waals surface area contributed by atoms with Crippen LogP contribution < -0.4 is 11.1 Å². The van der Waals surface area contributed by atoms with Crippen LogP contribution in [-0.2, 0) is 11.3 Å². The van der Waals surface area contributed by atoms with Crippen LogP contribution in [0.25, 0.3) is 21.5 Å². The minimum absolute atomic E-state index is 0.0466. The number of likely N-dealkylation sites (tertiary alicyclic amines) is 1. The van der Waals surface area contributed by atoms with Crippen molar-refractivity contribution in [1.82, 2.24) is 19.9 Å². The quantitative estimate of drug-likeness (QED) is 0.404. The maximum absolute atomic E-state index is 13.3. The second kappa shape index (κ2) is 9.61. The van der Waals surface area contributed by atoms with Crippen molar-refractivity contribution in [2.75, 3.05) is 19.6 Å². The number of nitrogens with two attached hydrogens (primary N) is 1. The minimum Gasteiger partial charge on any atom is -0.369 e. The summed E-state index contributed by atoms with van der Waals surface area (Å²) in [4.78, 5) is 27.4. The van der Waals surface area contributed by atoms with Crippen molar-refractivity contribution >= 4 is 45.7 Å². The number of para-hydroxylation sites is 1. The van der Waals surface area contributed by atoms with Gasteiger partial charge in [-0.25, -0.2) is 0 Å². The van der Waals surface area contributed by atoms with Gasteiger partial charge in [-0.3, -0.25) is 14.5 Å². The highest BCUT2D eigenvalue weighted by molar-refractivity contribution is 7.19. The first-order chi connectivity index (χ1) is 16.5. The van der Waals surface area contributed by atoms with Gasteiger partial charge in [0.25, 0.3) is 5.91 Å². The Morgan fingerprint density at radius 2 is 1.97 bits per heavy atom. The number of fused-ring (bicyclic) bond motifs is 1. The van der Waals surface area contributed by atoms with Crippen LogP contribution in [0.5, 0.6) is 0 Å². The van der Waals surface area contributed by atoms with E-state index in [-0.39, 0.29) is 24.4 Å². The zero-order valence-corrected chi connectivity index (χ0v) is 19.9. The molecule has 4 aromatic rings. The van der Waals surface area contributed by atoms with Crippen LogP contribution in [-0.4, -0.2) is 52.1 Å². The molecule has 0 radical (unpaired) electrons. The number of thiophene rings is 1. The van der Waals surface area contributed by atoms with Crippen molar-refractivity contribution < 1.29 is 14.1 Å². The summed E-state index contributed by atoms with van der Waals surface area (Å²) >= 11 is 7.48. The molecular weight excluding hydrogens is 474 g/mol. The number of primary amides is 1. The maximum atomic E-state index is 13.3. The van der Waals surface area contributed by atoms with Crippen LogP contribution in [0, 0.1) is 0 Å². The Balaban J connectivity index is 1.35. The van der Waals surface area contributed by atoms with E-state index in [1.165, 1.54) is 11.3 Å². The molecule has 1 saturated heterocycles. The van der Waals surface area contributed by atoms with E-state index in [9.17, 15) is 9.59 Å². The second-order valence-corrected chi connectivity index (χ2v) is 10.2. The predicted octanol–water partition coefficient (Wildman–Crippen LogP) is 3.74. The summed E-state index contributed by atoms with van der Waals surface area (Å²) in [6, 6.07) is 15.5. The van der Waals surface area contributed by atoms with E-state index in [1.54, 1.807) is 0 Å². The van der Waals surface area contributed by atoms with Gasteiger partial charge in [-0.2, -0.15) is 0 Å². The molecule has 0 atom stereocenters. The molecule has 3 N–H and O–H groups in total. The van der Waals surface area contributed by atoms with E-state index in [0.717, 1.165) is 47.4 Å². The molecule has 3 aromatic heterocycles. The van der Waals surface area contributed by atoms with Gasteiger partial charge in [0.05, 0.1) is 22.3 Å². The van der Waals surface area contributed by atoms with Gasteiger partial charge in [-0.05, 0) is 37.1 Å². The molecule has 0 spiro atoms. The molecule has 0 aliphatic carbocycles. The average molecular weight is 498 g/mol. The Hall–Kier alpha value is -3.14. The number of benzene rings is 1. The summed E-state index contributed by atoms with van der Waals surface area (Å²) < 4.78 is 8.19. The lowest BCUT2D eigenvalue weighted by atomic mass is 10.0. The second-order valence-electron chi connectivity index (χ2n) is 8.45. The molecule has 0 saturated carbocycles. The fourth-order valence-electron chi connectivity index (χ4n) is 4.40. The number of carbonyl (C=O) groups excluding carboxylic acids is 2. The molecule has 4 heterocycles. The Bertz CT molecular complexity index is 1340. The van der Waals surface area contributed by atoms with Crippen LogP contribution in [0.3, 0.4) is 0 Å². The van der Waals surface area contributed by atoms with Gasteiger partial charge < -0.3 is 20.1 Å². The van der Waals surface area contributed by atoms with Crippen LogP contribution in [0.4, 0.5) is 0 Å². The maximum Gasteiger partial charge on any atom is 0.268 e. The van der Waals surface area contributed by atoms with Crippen molar-refractivity contribution in [2.45, 2.75) is 25.4 Å². The molecule has 1 fully saturated rings. The lowest BCUT2D eigenvalue weighted by molar-refractivity contribution is -0.119. The van der Waals surface area contributed by atoms with Gasteiger partial charge in [-0.15, -0.1) is 11.3 Å². The van der Waals surface area contributed by atoms with Crippen molar-refractivity contribution in [1.29, 1.82) is 0 Å². The molecule has 8 nitrogen and oxygen atoms in total.